The molecule has 0 heterocycles. The van der Waals surface area contributed by atoms with Gasteiger partial charge >= 0.3 is 5.97 Å². The number of aliphatic carboxylic acids is 1. The van der Waals surface area contributed by atoms with Crippen molar-refractivity contribution >= 4 is 11.7 Å². The van der Waals surface area contributed by atoms with Gasteiger partial charge in [0.1, 0.15) is 5.82 Å². The van der Waals surface area contributed by atoms with Gasteiger partial charge in [-0.2, -0.15) is 0 Å². The molecule has 0 amide bonds. The van der Waals surface area contributed by atoms with Crippen LogP contribution < -0.4 is 5.32 Å². The molecule has 17 heavy (non-hydrogen) atoms. The van der Waals surface area contributed by atoms with Crippen LogP contribution >= 0.6 is 0 Å². The minimum atomic E-state index is -0.931. The number of benzene rings is 1. The number of carboxylic acid groups (broad SMARTS) is 1. The third-order valence-electron chi connectivity index (χ3n) is 2.50. The highest BCUT2D eigenvalue weighted by molar-refractivity contribution is 5.86. The topological polar surface area (TPSA) is 49.3 Å². The molecule has 1 aromatic rings. The molecule has 0 fully saturated rings. The van der Waals surface area contributed by atoms with Gasteiger partial charge in [-0.15, -0.1) is 0 Å². The first-order valence-electron chi connectivity index (χ1n) is 5.47. The molecule has 0 spiro atoms. The smallest absolute Gasteiger partial charge is 0.331 e. The Balaban J connectivity index is 2.71. The van der Waals surface area contributed by atoms with Crippen molar-refractivity contribution in [2.45, 2.75) is 20.3 Å². The Bertz CT molecular complexity index is 421. The van der Waals surface area contributed by atoms with Gasteiger partial charge < -0.3 is 10.4 Å². The fraction of sp³-hybridized carbons (Fsp3) is 0.308. The zero-order chi connectivity index (χ0) is 12.8. The van der Waals surface area contributed by atoms with E-state index in [9.17, 15) is 9.18 Å². The summed E-state index contributed by atoms with van der Waals surface area (Å²) in [4.78, 5) is 10.7. The molecule has 92 valence electrons. The van der Waals surface area contributed by atoms with Crippen LogP contribution in [-0.2, 0) is 4.79 Å². The first-order valence-corrected chi connectivity index (χ1v) is 5.47. The molecule has 1 aromatic carbocycles. The van der Waals surface area contributed by atoms with E-state index in [1.165, 1.54) is 6.07 Å². The van der Waals surface area contributed by atoms with Crippen molar-refractivity contribution in [3.8, 4) is 0 Å². The highest BCUT2D eigenvalue weighted by Gasteiger charge is 2.05. The number of nitrogens with one attached hydrogen (secondary N) is 1. The third-order valence-corrected chi connectivity index (χ3v) is 2.50. The largest absolute Gasteiger partial charge is 0.478 e. The minimum absolute atomic E-state index is 0.303. The summed E-state index contributed by atoms with van der Waals surface area (Å²) in [6, 6.07) is 4.81. The Morgan fingerprint density at radius 3 is 2.76 bits per heavy atom. The Morgan fingerprint density at radius 1 is 1.53 bits per heavy atom. The van der Waals surface area contributed by atoms with E-state index in [1.54, 1.807) is 32.1 Å². The molecule has 0 saturated heterocycles. The van der Waals surface area contributed by atoms with Crippen LogP contribution in [0.2, 0.25) is 0 Å². The summed E-state index contributed by atoms with van der Waals surface area (Å²) >= 11 is 0. The number of aryl methyl sites for hydroxylation is 1. The standard InChI is InChI=1S/C13H16FNO2/c1-3-10(13(16)17)7-8-15-12-9(2)5-4-6-11(12)14/h4-7,15H,3,8H2,1-2H3,(H,16,17)/b10-7-. The van der Waals surface area contributed by atoms with Crippen LogP contribution in [0.1, 0.15) is 18.9 Å². The number of anilines is 1. The number of para-hydroxylation sites is 1. The number of hydrogen-bond acceptors (Lipinski definition) is 2. The van der Waals surface area contributed by atoms with Crippen molar-refractivity contribution in [2.75, 3.05) is 11.9 Å². The zero-order valence-corrected chi connectivity index (χ0v) is 9.96. The highest BCUT2D eigenvalue weighted by atomic mass is 19.1. The lowest BCUT2D eigenvalue weighted by Gasteiger charge is -2.08. The predicted molar refractivity (Wildman–Crippen MR) is 65.6 cm³/mol. The van der Waals surface area contributed by atoms with Crippen molar-refractivity contribution < 1.29 is 14.3 Å². The molecule has 0 aromatic heterocycles. The molecule has 0 aliphatic carbocycles. The molecule has 4 heteroatoms. The average molecular weight is 237 g/mol. The lowest BCUT2D eigenvalue weighted by atomic mass is 10.1. The summed E-state index contributed by atoms with van der Waals surface area (Å²) in [6.07, 6.45) is 2.02. The molecule has 0 unspecified atom stereocenters. The predicted octanol–water partition coefficient (Wildman–Crippen LogP) is 2.97. The zero-order valence-electron chi connectivity index (χ0n) is 9.96. The van der Waals surface area contributed by atoms with E-state index < -0.39 is 5.97 Å². The van der Waals surface area contributed by atoms with Crippen molar-refractivity contribution in [1.29, 1.82) is 0 Å². The normalized spacial score (nSPS) is 11.4. The van der Waals surface area contributed by atoms with Crippen molar-refractivity contribution in [1.82, 2.24) is 0 Å². The summed E-state index contributed by atoms with van der Waals surface area (Å²) in [5.41, 5.74) is 1.54. The van der Waals surface area contributed by atoms with Gasteiger partial charge in [0.15, 0.2) is 0 Å². The summed E-state index contributed by atoms with van der Waals surface area (Å²) in [5, 5.41) is 11.7. The number of hydrogen-bond donors (Lipinski definition) is 2. The number of rotatable bonds is 5. The van der Waals surface area contributed by atoms with Gasteiger partial charge in [-0.3, -0.25) is 0 Å². The van der Waals surface area contributed by atoms with Crippen molar-refractivity contribution in [3.05, 3.63) is 41.2 Å². The molecule has 1 rings (SSSR count). The van der Waals surface area contributed by atoms with E-state index in [4.69, 9.17) is 5.11 Å². The van der Waals surface area contributed by atoms with Gasteiger partial charge in [-0.05, 0) is 25.0 Å². The van der Waals surface area contributed by atoms with E-state index in [0.717, 1.165) is 5.56 Å². The minimum Gasteiger partial charge on any atom is -0.478 e. The van der Waals surface area contributed by atoms with Crippen LogP contribution in [0.15, 0.2) is 29.8 Å². The Morgan fingerprint density at radius 2 is 2.24 bits per heavy atom. The molecule has 2 N–H and O–H groups in total. The summed E-state index contributed by atoms with van der Waals surface area (Å²) in [5.74, 6) is -1.26. The molecule has 0 aliphatic rings. The fourth-order valence-electron chi connectivity index (χ4n) is 1.51. The highest BCUT2D eigenvalue weighted by Crippen LogP contribution is 2.18. The van der Waals surface area contributed by atoms with Crippen LogP contribution in [-0.4, -0.2) is 17.6 Å². The van der Waals surface area contributed by atoms with E-state index in [-0.39, 0.29) is 5.82 Å². The molecule has 0 radical (unpaired) electrons. The SMILES string of the molecule is CC/C(=C/CNc1c(C)cccc1F)C(=O)O. The Hall–Kier alpha value is -1.84. The molecule has 0 atom stereocenters. The van der Waals surface area contributed by atoms with E-state index in [2.05, 4.69) is 5.32 Å². The van der Waals surface area contributed by atoms with E-state index in [1.807, 2.05) is 0 Å². The average Bonchev–Trinajstić information content (AvgIpc) is 2.27. The van der Waals surface area contributed by atoms with Gasteiger partial charge in [-0.25, -0.2) is 9.18 Å². The molecular formula is C13H16FNO2. The first kappa shape index (κ1) is 13.2. The van der Waals surface area contributed by atoms with Crippen molar-refractivity contribution in [3.63, 3.8) is 0 Å². The van der Waals surface area contributed by atoms with Crippen LogP contribution in [0.5, 0.6) is 0 Å². The van der Waals surface area contributed by atoms with Gasteiger partial charge in [0, 0.05) is 12.1 Å². The number of carboxylic acids is 1. The third kappa shape index (κ3) is 3.59. The molecule has 0 saturated carbocycles. The summed E-state index contributed by atoms with van der Waals surface area (Å²) in [7, 11) is 0. The van der Waals surface area contributed by atoms with Crippen LogP contribution in [0, 0.1) is 12.7 Å². The second-order valence-electron chi connectivity index (χ2n) is 3.70. The summed E-state index contributed by atoms with van der Waals surface area (Å²) < 4.78 is 13.4. The van der Waals surface area contributed by atoms with Gasteiger partial charge in [-0.1, -0.05) is 25.1 Å². The Kier molecular flexibility index (Phi) is 4.69. The fourth-order valence-corrected chi connectivity index (χ4v) is 1.51. The maximum absolute atomic E-state index is 13.4. The van der Waals surface area contributed by atoms with Crippen LogP contribution in [0.25, 0.3) is 0 Å². The van der Waals surface area contributed by atoms with E-state index >= 15 is 0 Å². The van der Waals surface area contributed by atoms with E-state index in [0.29, 0.717) is 24.2 Å². The van der Waals surface area contributed by atoms with Gasteiger partial charge in [0.25, 0.3) is 0 Å². The summed E-state index contributed by atoms with van der Waals surface area (Å²) in [6.45, 7) is 3.87. The monoisotopic (exact) mass is 237 g/mol. The second kappa shape index (κ2) is 6.03. The molecular weight excluding hydrogens is 221 g/mol. The second-order valence-corrected chi connectivity index (χ2v) is 3.70. The number of carbonyl (C=O) groups is 1. The Labute approximate surface area is 100.0 Å². The lowest BCUT2D eigenvalue weighted by Crippen LogP contribution is -2.06. The van der Waals surface area contributed by atoms with Gasteiger partial charge in [0.05, 0.1) is 5.69 Å². The van der Waals surface area contributed by atoms with Crippen LogP contribution in [0.4, 0.5) is 10.1 Å². The lowest BCUT2D eigenvalue weighted by molar-refractivity contribution is -0.132. The maximum Gasteiger partial charge on any atom is 0.331 e. The number of halogens is 1. The van der Waals surface area contributed by atoms with Crippen molar-refractivity contribution in [2.24, 2.45) is 0 Å². The molecule has 0 aliphatic heterocycles. The maximum atomic E-state index is 13.4. The van der Waals surface area contributed by atoms with Gasteiger partial charge in [0.2, 0.25) is 0 Å². The first-order chi connectivity index (χ1) is 8.06. The molecule has 3 nitrogen and oxygen atoms in total. The molecule has 0 bridgehead atoms. The quantitative estimate of drug-likeness (QED) is 0.774. The van der Waals surface area contributed by atoms with Crippen LogP contribution in [0.3, 0.4) is 0 Å².